The molecule has 0 radical (unpaired) electrons. The van der Waals surface area contributed by atoms with Gasteiger partial charge in [0, 0.05) is 21.1 Å². The molecule has 0 fully saturated rings. The Morgan fingerprint density at radius 3 is 2.13 bits per heavy atom. The standard InChI is InChI=1S/C22H22Cl2N6O/c1-22(2,3)20-19(29-13-25-12-26-29)18(14-4-6-15(23)7-5-14)30(28-20)21(31)27-17-10-8-16(24)9-11-17/h4-13,18-19H,1-3H3,(H,27,31). The molecule has 3 aromatic rings. The molecule has 4 rings (SSSR count). The van der Waals surface area contributed by atoms with Gasteiger partial charge in [-0.3, -0.25) is 0 Å². The molecule has 2 aromatic carbocycles. The summed E-state index contributed by atoms with van der Waals surface area (Å²) in [4.78, 5) is 17.5. The van der Waals surface area contributed by atoms with E-state index in [0.29, 0.717) is 15.7 Å². The van der Waals surface area contributed by atoms with E-state index in [-0.39, 0.29) is 17.5 Å². The number of nitrogens with zero attached hydrogens (tertiary/aromatic N) is 5. The van der Waals surface area contributed by atoms with Crippen molar-refractivity contribution in [2.45, 2.75) is 32.9 Å². The summed E-state index contributed by atoms with van der Waals surface area (Å²) < 4.78 is 1.75. The molecule has 2 atom stereocenters. The lowest BCUT2D eigenvalue weighted by Gasteiger charge is -2.29. The number of benzene rings is 2. The minimum Gasteiger partial charge on any atom is -0.306 e. The second-order valence-corrected chi connectivity index (χ2v) is 9.21. The Balaban J connectivity index is 1.78. The number of hydrazone groups is 1. The van der Waals surface area contributed by atoms with E-state index in [9.17, 15) is 4.79 Å². The number of carbonyl (C=O) groups is 1. The van der Waals surface area contributed by atoms with Crippen molar-refractivity contribution >= 4 is 40.6 Å². The van der Waals surface area contributed by atoms with E-state index in [2.05, 4.69) is 36.2 Å². The molecule has 1 N–H and O–H groups in total. The summed E-state index contributed by atoms with van der Waals surface area (Å²) in [7, 11) is 0. The highest BCUT2D eigenvalue weighted by Gasteiger charge is 2.46. The normalized spacial score (nSPS) is 18.7. The smallest absolute Gasteiger partial charge is 0.306 e. The highest BCUT2D eigenvalue weighted by molar-refractivity contribution is 6.30. The highest BCUT2D eigenvalue weighted by Crippen LogP contribution is 2.43. The van der Waals surface area contributed by atoms with Crippen LogP contribution in [-0.4, -0.2) is 31.5 Å². The van der Waals surface area contributed by atoms with Gasteiger partial charge in [-0.25, -0.2) is 19.5 Å². The van der Waals surface area contributed by atoms with Crippen molar-refractivity contribution in [1.82, 2.24) is 19.8 Å². The van der Waals surface area contributed by atoms with Crippen LogP contribution in [0, 0.1) is 5.41 Å². The zero-order chi connectivity index (χ0) is 22.2. The van der Waals surface area contributed by atoms with Gasteiger partial charge in [-0.05, 0) is 42.0 Å². The summed E-state index contributed by atoms with van der Waals surface area (Å²) in [5.41, 5.74) is 2.03. The summed E-state index contributed by atoms with van der Waals surface area (Å²) in [5, 5.41) is 14.7. The summed E-state index contributed by atoms with van der Waals surface area (Å²) in [6.07, 6.45) is 3.13. The number of urea groups is 1. The van der Waals surface area contributed by atoms with E-state index < -0.39 is 6.04 Å². The van der Waals surface area contributed by atoms with Crippen molar-refractivity contribution in [2.24, 2.45) is 10.5 Å². The molecular formula is C22H22Cl2N6O. The molecule has 0 spiro atoms. The predicted molar refractivity (Wildman–Crippen MR) is 122 cm³/mol. The number of hydrogen-bond donors (Lipinski definition) is 1. The first kappa shape index (κ1) is 21.3. The molecule has 9 heteroatoms. The van der Waals surface area contributed by atoms with Gasteiger partial charge in [0.25, 0.3) is 0 Å². The average Bonchev–Trinajstić information content (AvgIpc) is 3.37. The molecule has 2 unspecified atom stereocenters. The van der Waals surface area contributed by atoms with Crippen LogP contribution >= 0.6 is 23.2 Å². The van der Waals surface area contributed by atoms with Crippen LogP contribution in [0.15, 0.2) is 66.3 Å². The third-order valence-electron chi connectivity index (χ3n) is 5.06. The van der Waals surface area contributed by atoms with Gasteiger partial charge in [-0.2, -0.15) is 10.2 Å². The van der Waals surface area contributed by atoms with Crippen molar-refractivity contribution in [3.63, 3.8) is 0 Å². The van der Waals surface area contributed by atoms with E-state index in [4.69, 9.17) is 28.3 Å². The van der Waals surface area contributed by atoms with Crippen molar-refractivity contribution in [3.8, 4) is 0 Å². The second kappa shape index (κ2) is 8.32. The first-order valence-corrected chi connectivity index (χ1v) is 10.5. The van der Waals surface area contributed by atoms with E-state index in [1.54, 1.807) is 47.4 Å². The highest BCUT2D eigenvalue weighted by atomic mass is 35.5. The van der Waals surface area contributed by atoms with Crippen LogP contribution in [0.4, 0.5) is 10.5 Å². The predicted octanol–water partition coefficient (Wildman–Crippen LogP) is 5.82. The number of rotatable bonds is 3. The minimum absolute atomic E-state index is 0.309. The number of hydrogen-bond acceptors (Lipinski definition) is 4. The summed E-state index contributed by atoms with van der Waals surface area (Å²) in [6, 6.07) is 13.3. The zero-order valence-corrected chi connectivity index (χ0v) is 18.8. The van der Waals surface area contributed by atoms with Crippen LogP contribution in [0.1, 0.15) is 38.4 Å². The Bertz CT molecular complexity index is 1090. The number of halogens is 2. The minimum atomic E-state index is -0.430. The molecule has 1 aromatic heterocycles. The van der Waals surface area contributed by atoms with Crippen molar-refractivity contribution in [3.05, 3.63) is 76.8 Å². The van der Waals surface area contributed by atoms with Crippen molar-refractivity contribution < 1.29 is 4.79 Å². The Hall–Kier alpha value is -2.90. The SMILES string of the molecule is CC(C)(C)C1=NN(C(=O)Nc2ccc(Cl)cc2)C(c2ccc(Cl)cc2)C1n1cncn1. The maximum atomic E-state index is 13.3. The van der Waals surface area contributed by atoms with E-state index in [1.807, 2.05) is 12.1 Å². The fraction of sp³-hybridized carbons (Fsp3) is 0.273. The fourth-order valence-electron chi connectivity index (χ4n) is 3.61. The zero-order valence-electron chi connectivity index (χ0n) is 17.3. The van der Waals surface area contributed by atoms with E-state index >= 15 is 0 Å². The maximum absolute atomic E-state index is 13.3. The van der Waals surface area contributed by atoms with Crippen LogP contribution in [0.3, 0.4) is 0 Å². The molecule has 1 aliphatic rings. The summed E-state index contributed by atoms with van der Waals surface area (Å²) in [5.74, 6) is 0. The van der Waals surface area contributed by atoms with Gasteiger partial charge < -0.3 is 5.32 Å². The van der Waals surface area contributed by atoms with Gasteiger partial charge in [0.1, 0.15) is 24.7 Å². The number of nitrogens with one attached hydrogen (secondary N) is 1. The quantitative estimate of drug-likeness (QED) is 0.539. The number of amides is 2. The van der Waals surface area contributed by atoms with Crippen LogP contribution < -0.4 is 5.32 Å². The first-order valence-electron chi connectivity index (χ1n) is 9.78. The lowest BCUT2D eigenvalue weighted by atomic mass is 9.82. The second-order valence-electron chi connectivity index (χ2n) is 8.33. The van der Waals surface area contributed by atoms with Crippen molar-refractivity contribution in [2.75, 3.05) is 5.32 Å². The van der Waals surface area contributed by atoms with Crippen LogP contribution in [-0.2, 0) is 0 Å². The molecule has 1 aliphatic heterocycles. The van der Waals surface area contributed by atoms with Gasteiger partial charge in [0.2, 0.25) is 0 Å². The first-order chi connectivity index (χ1) is 14.7. The van der Waals surface area contributed by atoms with Crippen LogP contribution in [0.25, 0.3) is 0 Å². The van der Waals surface area contributed by atoms with Gasteiger partial charge >= 0.3 is 6.03 Å². The molecule has 7 nitrogen and oxygen atoms in total. The topological polar surface area (TPSA) is 75.4 Å². The Labute approximate surface area is 190 Å². The number of carbonyl (C=O) groups excluding carboxylic acids is 1. The van der Waals surface area contributed by atoms with E-state index in [1.165, 1.54) is 11.3 Å². The van der Waals surface area contributed by atoms with Gasteiger partial charge in [-0.1, -0.05) is 56.1 Å². The average molecular weight is 457 g/mol. The molecule has 0 bridgehead atoms. The number of anilines is 1. The van der Waals surface area contributed by atoms with E-state index in [0.717, 1.165) is 11.3 Å². The maximum Gasteiger partial charge on any atom is 0.342 e. The molecule has 0 aliphatic carbocycles. The largest absolute Gasteiger partial charge is 0.342 e. The lowest BCUT2D eigenvalue weighted by molar-refractivity contribution is 0.188. The fourth-order valence-corrected chi connectivity index (χ4v) is 3.87. The number of aromatic nitrogens is 3. The summed E-state index contributed by atoms with van der Waals surface area (Å²) >= 11 is 12.1. The Morgan fingerprint density at radius 2 is 1.58 bits per heavy atom. The molecule has 0 saturated carbocycles. The third kappa shape index (κ3) is 4.43. The molecule has 2 amide bonds. The van der Waals surface area contributed by atoms with Gasteiger partial charge in [0.05, 0.1) is 5.71 Å². The Kier molecular flexibility index (Phi) is 5.73. The van der Waals surface area contributed by atoms with Gasteiger partial charge in [0.15, 0.2) is 0 Å². The van der Waals surface area contributed by atoms with Crippen LogP contribution in [0.2, 0.25) is 10.0 Å². The molecule has 31 heavy (non-hydrogen) atoms. The molecular weight excluding hydrogens is 435 g/mol. The lowest BCUT2D eigenvalue weighted by Crippen LogP contribution is -2.36. The monoisotopic (exact) mass is 456 g/mol. The summed E-state index contributed by atoms with van der Waals surface area (Å²) in [6.45, 7) is 6.19. The molecule has 2 heterocycles. The van der Waals surface area contributed by atoms with Crippen molar-refractivity contribution in [1.29, 1.82) is 0 Å². The molecule has 160 valence electrons. The third-order valence-corrected chi connectivity index (χ3v) is 5.57. The van der Waals surface area contributed by atoms with Gasteiger partial charge in [-0.15, -0.1) is 0 Å². The Morgan fingerprint density at radius 1 is 0.968 bits per heavy atom. The molecule has 0 saturated heterocycles. The van der Waals surface area contributed by atoms with Crippen LogP contribution in [0.5, 0.6) is 0 Å².